The van der Waals surface area contributed by atoms with Crippen molar-refractivity contribution < 1.29 is 33.2 Å². The third-order valence-corrected chi connectivity index (χ3v) is 11.4. The average Bonchev–Trinajstić information content (AvgIpc) is 2.99. The number of hydrogen-bond donors (Lipinski definition) is 0. The SMILES string of the molecule is CC(C)(C)OC1CC(OC2CCN(CCCC#CCOC(C)(C)CC(C)(C)N3CC(OC(=O)N4CCC(OC5CC(OC(C)(C)C)C5)CC4)C3)CC2)C1. The predicted octanol–water partition coefficient (Wildman–Crippen LogP) is 7.21. The molecule has 0 spiro atoms. The highest BCUT2D eigenvalue weighted by atomic mass is 16.6. The number of likely N-dealkylation sites (tertiary alicyclic amines) is 3. The first-order valence-electron chi connectivity index (χ1n) is 21.0. The summed E-state index contributed by atoms with van der Waals surface area (Å²) >= 11 is 0. The summed E-state index contributed by atoms with van der Waals surface area (Å²) in [5.74, 6) is 6.60. The number of carbonyl (C=O) groups excluding carboxylic acids is 1. The molecule has 304 valence electrons. The van der Waals surface area contributed by atoms with E-state index in [1.807, 2.05) is 4.90 Å². The van der Waals surface area contributed by atoms with E-state index in [-0.39, 0.29) is 46.7 Å². The lowest BCUT2D eigenvalue weighted by molar-refractivity contribution is -0.168. The van der Waals surface area contributed by atoms with Gasteiger partial charge in [0.15, 0.2) is 0 Å². The van der Waals surface area contributed by atoms with Crippen LogP contribution in [-0.2, 0) is 28.4 Å². The van der Waals surface area contributed by atoms with Crippen LogP contribution in [0.25, 0.3) is 0 Å². The fourth-order valence-corrected chi connectivity index (χ4v) is 8.63. The molecule has 0 radical (unpaired) electrons. The second-order valence-corrected chi connectivity index (χ2v) is 19.8. The van der Waals surface area contributed by atoms with Gasteiger partial charge in [-0.1, -0.05) is 5.92 Å². The molecule has 5 aliphatic rings. The molecule has 53 heavy (non-hydrogen) atoms. The fraction of sp³-hybridized carbons (Fsp3) is 0.930. The van der Waals surface area contributed by atoms with E-state index in [1.165, 1.54) is 0 Å². The van der Waals surface area contributed by atoms with Crippen LogP contribution in [0.2, 0.25) is 0 Å². The van der Waals surface area contributed by atoms with Crippen molar-refractivity contribution in [1.29, 1.82) is 0 Å². The Morgan fingerprint density at radius 1 is 0.642 bits per heavy atom. The van der Waals surface area contributed by atoms with Gasteiger partial charge < -0.3 is 38.2 Å². The van der Waals surface area contributed by atoms with Crippen LogP contribution in [-0.4, -0.2) is 138 Å². The molecule has 0 atom stereocenters. The topological polar surface area (TPSA) is 82.2 Å². The van der Waals surface area contributed by atoms with E-state index in [9.17, 15) is 4.79 Å². The predicted molar refractivity (Wildman–Crippen MR) is 209 cm³/mol. The maximum atomic E-state index is 12.9. The zero-order valence-corrected chi connectivity index (χ0v) is 35.2. The Bertz CT molecular complexity index is 1200. The van der Waals surface area contributed by atoms with Gasteiger partial charge in [0.25, 0.3) is 0 Å². The van der Waals surface area contributed by atoms with E-state index in [1.54, 1.807) is 0 Å². The Morgan fingerprint density at radius 3 is 1.66 bits per heavy atom. The minimum absolute atomic E-state index is 0.0607. The van der Waals surface area contributed by atoms with E-state index in [0.717, 1.165) is 103 Å². The van der Waals surface area contributed by atoms with Gasteiger partial charge in [0.05, 0.1) is 53.4 Å². The van der Waals surface area contributed by atoms with E-state index in [4.69, 9.17) is 28.4 Å². The van der Waals surface area contributed by atoms with Crippen molar-refractivity contribution in [3.63, 3.8) is 0 Å². The third-order valence-electron chi connectivity index (χ3n) is 11.4. The van der Waals surface area contributed by atoms with Gasteiger partial charge in [-0.15, -0.1) is 5.92 Å². The summed E-state index contributed by atoms with van der Waals surface area (Å²) in [7, 11) is 0. The number of unbranched alkanes of at least 4 members (excludes halogenated alkanes) is 1. The maximum Gasteiger partial charge on any atom is 0.410 e. The van der Waals surface area contributed by atoms with E-state index in [2.05, 4.69) is 90.9 Å². The van der Waals surface area contributed by atoms with Gasteiger partial charge in [-0.25, -0.2) is 4.79 Å². The number of hydrogen-bond acceptors (Lipinski definition) is 9. The van der Waals surface area contributed by atoms with Gasteiger partial charge >= 0.3 is 6.09 Å². The Hall–Kier alpha value is -1.45. The van der Waals surface area contributed by atoms with Crippen LogP contribution in [0.15, 0.2) is 0 Å². The van der Waals surface area contributed by atoms with Crippen molar-refractivity contribution in [3.05, 3.63) is 0 Å². The van der Waals surface area contributed by atoms with Crippen LogP contribution in [0.1, 0.15) is 140 Å². The van der Waals surface area contributed by atoms with Crippen LogP contribution in [0, 0.1) is 11.8 Å². The summed E-state index contributed by atoms with van der Waals surface area (Å²) in [5.41, 5.74) is -0.550. The molecule has 10 nitrogen and oxygen atoms in total. The van der Waals surface area contributed by atoms with Gasteiger partial charge in [0, 0.05) is 51.2 Å². The largest absolute Gasteiger partial charge is 0.443 e. The van der Waals surface area contributed by atoms with Crippen LogP contribution in [0.4, 0.5) is 4.79 Å². The van der Waals surface area contributed by atoms with E-state index >= 15 is 0 Å². The van der Waals surface area contributed by atoms with Crippen LogP contribution < -0.4 is 0 Å². The highest BCUT2D eigenvalue weighted by Gasteiger charge is 2.43. The molecule has 0 aromatic carbocycles. The van der Waals surface area contributed by atoms with E-state index < -0.39 is 0 Å². The molecule has 0 aromatic heterocycles. The number of carbonyl (C=O) groups is 1. The second kappa shape index (κ2) is 18.2. The highest BCUT2D eigenvalue weighted by Crippen LogP contribution is 2.35. The summed E-state index contributed by atoms with van der Waals surface area (Å²) in [6, 6.07) is 0. The molecule has 0 unspecified atom stereocenters. The van der Waals surface area contributed by atoms with Crippen molar-refractivity contribution in [2.45, 2.75) is 205 Å². The summed E-state index contributed by atoms with van der Waals surface area (Å²) in [5, 5.41) is 0. The number of rotatable bonds is 15. The smallest absolute Gasteiger partial charge is 0.410 e. The fourth-order valence-electron chi connectivity index (χ4n) is 8.63. The van der Waals surface area contributed by atoms with Gasteiger partial charge in [-0.3, -0.25) is 4.90 Å². The Labute approximate surface area is 322 Å². The van der Waals surface area contributed by atoms with Crippen LogP contribution in [0.3, 0.4) is 0 Å². The number of amides is 1. The lowest BCUT2D eigenvalue weighted by Crippen LogP contribution is -2.63. The van der Waals surface area contributed by atoms with Gasteiger partial charge in [0.1, 0.15) is 12.7 Å². The minimum Gasteiger partial charge on any atom is -0.443 e. The van der Waals surface area contributed by atoms with Gasteiger partial charge in [-0.05, 0) is 140 Å². The summed E-state index contributed by atoms with van der Waals surface area (Å²) in [4.78, 5) is 19.7. The van der Waals surface area contributed by atoms with Gasteiger partial charge in [-0.2, -0.15) is 0 Å². The average molecular weight is 746 g/mol. The zero-order valence-electron chi connectivity index (χ0n) is 35.2. The molecule has 2 saturated carbocycles. The lowest BCUT2D eigenvalue weighted by Gasteiger charge is -2.50. The molecule has 2 aliphatic carbocycles. The van der Waals surface area contributed by atoms with Crippen molar-refractivity contribution in [2.75, 3.05) is 52.4 Å². The van der Waals surface area contributed by atoms with Crippen molar-refractivity contribution in [1.82, 2.24) is 14.7 Å². The Kier molecular flexibility index (Phi) is 14.7. The lowest BCUT2D eigenvalue weighted by atomic mass is 9.85. The second-order valence-electron chi connectivity index (χ2n) is 19.8. The highest BCUT2D eigenvalue weighted by molar-refractivity contribution is 5.68. The molecule has 3 aliphatic heterocycles. The van der Waals surface area contributed by atoms with Crippen molar-refractivity contribution >= 4 is 6.09 Å². The van der Waals surface area contributed by atoms with Crippen LogP contribution in [0.5, 0.6) is 0 Å². The summed E-state index contributed by atoms with van der Waals surface area (Å²) in [6.45, 7) is 28.2. The monoisotopic (exact) mass is 746 g/mol. The minimum atomic E-state index is -0.307. The normalized spacial score (nSPS) is 27.4. The molecular weight excluding hydrogens is 670 g/mol. The van der Waals surface area contributed by atoms with Gasteiger partial charge in [0.2, 0.25) is 0 Å². The number of ether oxygens (including phenoxy) is 6. The molecule has 0 bridgehead atoms. The van der Waals surface area contributed by atoms with Crippen molar-refractivity contribution in [3.8, 4) is 11.8 Å². The molecule has 0 N–H and O–H groups in total. The number of nitrogens with zero attached hydrogens (tertiary/aromatic N) is 3. The molecule has 1 amide bonds. The summed E-state index contributed by atoms with van der Waals surface area (Å²) in [6.07, 6.45) is 12.6. The molecule has 3 heterocycles. The maximum absolute atomic E-state index is 12.9. The molecule has 0 aromatic rings. The molecule has 5 rings (SSSR count). The molecular formula is C43H75N3O7. The zero-order chi connectivity index (χ0) is 38.4. The van der Waals surface area contributed by atoms with Crippen molar-refractivity contribution in [2.24, 2.45) is 0 Å². The standard InChI is InChI=1S/C43H75N3O7/c1-40(2,3)52-36-25-34(26-36)49-32-15-20-44(21-16-32)19-13-11-12-14-24-48-43(9,10)31-42(7,8)46-29-38(30-46)51-39(47)45-22-17-33(18-23-45)50-35-27-37(28-35)53-41(4,5)6/h32-38H,11,13,15-31H2,1-10H3. The summed E-state index contributed by atoms with van der Waals surface area (Å²) < 4.78 is 36.9. The van der Waals surface area contributed by atoms with E-state index in [0.29, 0.717) is 44.1 Å². The third kappa shape index (κ3) is 14.2. The Balaban J connectivity index is 0.868. The Morgan fingerprint density at radius 2 is 1.15 bits per heavy atom. The molecule has 10 heteroatoms. The first-order chi connectivity index (χ1) is 24.8. The van der Waals surface area contributed by atoms with Crippen LogP contribution >= 0.6 is 0 Å². The first kappa shape index (κ1) is 42.7. The number of piperidine rings is 2. The molecule has 5 fully saturated rings. The molecule has 3 saturated heterocycles. The quantitative estimate of drug-likeness (QED) is 0.128. The first-order valence-corrected chi connectivity index (χ1v) is 21.0.